The van der Waals surface area contributed by atoms with Crippen molar-refractivity contribution in [1.82, 2.24) is 15.2 Å². The predicted molar refractivity (Wildman–Crippen MR) is 101 cm³/mol. The highest BCUT2D eigenvalue weighted by molar-refractivity contribution is 6.36. The van der Waals surface area contributed by atoms with E-state index in [1.54, 1.807) is 24.4 Å². The molecule has 2 rings (SSSR count). The Morgan fingerprint density at radius 2 is 2.04 bits per heavy atom. The summed E-state index contributed by atoms with van der Waals surface area (Å²) in [7, 11) is 0. The molecule has 0 aliphatic heterocycles. The van der Waals surface area contributed by atoms with E-state index in [2.05, 4.69) is 29.0 Å². The quantitative estimate of drug-likeness (QED) is 0.709. The highest BCUT2D eigenvalue weighted by atomic mass is 35.5. The number of amides is 1. The lowest BCUT2D eigenvalue weighted by Crippen LogP contribution is -2.34. The number of hydrogen-bond donors (Lipinski definition) is 1. The van der Waals surface area contributed by atoms with Gasteiger partial charge < -0.3 is 14.6 Å². The smallest absolute Gasteiger partial charge is 0.220 e. The van der Waals surface area contributed by atoms with Gasteiger partial charge in [0.25, 0.3) is 0 Å². The second-order valence-electron chi connectivity index (χ2n) is 5.62. The number of oxazole rings is 1. The van der Waals surface area contributed by atoms with Gasteiger partial charge in [-0.05, 0) is 31.3 Å². The molecule has 1 heterocycles. The molecule has 1 aromatic carbocycles. The largest absolute Gasteiger partial charge is 0.441 e. The summed E-state index contributed by atoms with van der Waals surface area (Å²) in [4.78, 5) is 18.4. The van der Waals surface area contributed by atoms with Gasteiger partial charge in [-0.25, -0.2) is 4.98 Å². The number of halogens is 2. The Bertz CT molecular complexity index is 699. The zero-order valence-electron chi connectivity index (χ0n) is 14.5. The van der Waals surface area contributed by atoms with E-state index in [0.29, 0.717) is 41.1 Å². The predicted octanol–water partition coefficient (Wildman–Crippen LogP) is 4.04. The summed E-state index contributed by atoms with van der Waals surface area (Å²) in [6, 6.07) is 5.19. The first kappa shape index (κ1) is 19.8. The minimum atomic E-state index is -0.00330. The van der Waals surface area contributed by atoms with E-state index in [1.165, 1.54) is 0 Å². The molecule has 25 heavy (non-hydrogen) atoms. The number of carbonyl (C=O) groups excluding carboxylic acids is 1. The Labute approximate surface area is 158 Å². The van der Waals surface area contributed by atoms with E-state index < -0.39 is 0 Å². The molecule has 0 fully saturated rings. The van der Waals surface area contributed by atoms with Gasteiger partial charge in [-0.1, -0.05) is 37.0 Å². The van der Waals surface area contributed by atoms with Gasteiger partial charge in [-0.15, -0.1) is 0 Å². The van der Waals surface area contributed by atoms with Crippen LogP contribution in [0.4, 0.5) is 0 Å². The van der Waals surface area contributed by atoms with Crippen molar-refractivity contribution in [2.45, 2.75) is 26.7 Å². The van der Waals surface area contributed by atoms with Crippen LogP contribution < -0.4 is 5.32 Å². The molecular formula is C18H23Cl2N3O2. The van der Waals surface area contributed by atoms with Gasteiger partial charge in [0.2, 0.25) is 5.91 Å². The van der Waals surface area contributed by atoms with E-state index in [1.807, 2.05) is 0 Å². The summed E-state index contributed by atoms with van der Waals surface area (Å²) >= 11 is 12.1. The summed E-state index contributed by atoms with van der Waals surface area (Å²) in [5.74, 6) is 1.08. The van der Waals surface area contributed by atoms with E-state index >= 15 is 0 Å². The van der Waals surface area contributed by atoms with Crippen LogP contribution in [0.1, 0.15) is 26.2 Å². The molecule has 0 radical (unpaired) electrons. The van der Waals surface area contributed by atoms with Crippen LogP contribution in [0, 0.1) is 0 Å². The lowest BCUT2D eigenvalue weighted by molar-refractivity contribution is -0.121. The summed E-state index contributed by atoms with van der Waals surface area (Å²) < 4.78 is 5.69. The van der Waals surface area contributed by atoms with Gasteiger partial charge in [-0.3, -0.25) is 4.79 Å². The molecule has 0 atom stereocenters. The lowest BCUT2D eigenvalue weighted by atomic mass is 10.2. The first-order chi connectivity index (χ1) is 12.0. The number of rotatable bonds is 9. The Morgan fingerprint density at radius 3 is 2.72 bits per heavy atom. The topological polar surface area (TPSA) is 58.4 Å². The third-order valence-corrected chi connectivity index (χ3v) is 4.51. The molecule has 1 N–H and O–H groups in total. The zero-order valence-corrected chi connectivity index (χ0v) is 16.0. The van der Waals surface area contributed by atoms with Gasteiger partial charge in [0.1, 0.15) is 0 Å². The Kier molecular flexibility index (Phi) is 7.75. The Balaban J connectivity index is 1.82. The fourth-order valence-electron chi connectivity index (χ4n) is 2.44. The van der Waals surface area contributed by atoms with Crippen molar-refractivity contribution in [3.63, 3.8) is 0 Å². The molecule has 1 amide bonds. The minimum Gasteiger partial charge on any atom is -0.441 e. The molecule has 0 saturated heterocycles. The molecule has 0 bridgehead atoms. The maximum absolute atomic E-state index is 11.9. The van der Waals surface area contributed by atoms with Crippen LogP contribution in [-0.2, 0) is 11.2 Å². The highest BCUT2D eigenvalue weighted by Gasteiger charge is 2.12. The summed E-state index contributed by atoms with van der Waals surface area (Å²) in [5.41, 5.74) is 0.730. The minimum absolute atomic E-state index is 0.00330. The standard InChI is InChI=1S/C18H23Cl2N3O2/c1-3-23(4-2)10-9-21-17(24)7-8-18-22-12-16(25-18)14-6-5-13(19)11-15(14)20/h5-6,11-12H,3-4,7-10H2,1-2H3,(H,21,24). The average Bonchev–Trinajstić information content (AvgIpc) is 3.05. The van der Waals surface area contributed by atoms with Crippen molar-refractivity contribution in [2.75, 3.05) is 26.2 Å². The van der Waals surface area contributed by atoms with Crippen LogP contribution in [0.25, 0.3) is 11.3 Å². The average molecular weight is 384 g/mol. The van der Waals surface area contributed by atoms with Crippen molar-refractivity contribution in [1.29, 1.82) is 0 Å². The number of nitrogens with one attached hydrogen (secondary N) is 1. The maximum atomic E-state index is 11.9. The summed E-state index contributed by atoms with van der Waals surface area (Å²) in [5, 5.41) is 3.99. The SMILES string of the molecule is CCN(CC)CCNC(=O)CCc1ncc(-c2ccc(Cl)cc2Cl)o1. The van der Waals surface area contributed by atoms with Crippen molar-refractivity contribution in [3.8, 4) is 11.3 Å². The summed E-state index contributed by atoms with van der Waals surface area (Å²) in [6.45, 7) is 7.70. The van der Waals surface area contributed by atoms with Crippen LogP contribution in [0.5, 0.6) is 0 Å². The van der Waals surface area contributed by atoms with Gasteiger partial charge in [0.15, 0.2) is 11.7 Å². The molecule has 0 unspecified atom stereocenters. The molecule has 0 aliphatic carbocycles. The van der Waals surface area contributed by atoms with E-state index in [4.69, 9.17) is 27.6 Å². The number of likely N-dealkylation sites (N-methyl/N-ethyl adjacent to an activating group) is 1. The Morgan fingerprint density at radius 1 is 1.28 bits per heavy atom. The fraction of sp³-hybridized carbons (Fsp3) is 0.444. The first-order valence-electron chi connectivity index (χ1n) is 8.42. The molecule has 5 nitrogen and oxygen atoms in total. The molecule has 1 aromatic heterocycles. The number of carbonyl (C=O) groups is 1. The van der Waals surface area contributed by atoms with Crippen molar-refractivity contribution < 1.29 is 9.21 Å². The van der Waals surface area contributed by atoms with Crippen LogP contribution in [0.15, 0.2) is 28.8 Å². The number of hydrogen-bond acceptors (Lipinski definition) is 4. The molecule has 136 valence electrons. The van der Waals surface area contributed by atoms with Gasteiger partial charge in [0, 0.05) is 36.5 Å². The zero-order chi connectivity index (χ0) is 18.2. The molecule has 2 aromatic rings. The van der Waals surface area contributed by atoms with E-state index in [-0.39, 0.29) is 5.91 Å². The van der Waals surface area contributed by atoms with Crippen molar-refractivity contribution in [2.24, 2.45) is 0 Å². The van der Waals surface area contributed by atoms with E-state index in [0.717, 1.165) is 25.2 Å². The van der Waals surface area contributed by atoms with Crippen LogP contribution >= 0.6 is 23.2 Å². The fourth-order valence-corrected chi connectivity index (χ4v) is 2.94. The maximum Gasteiger partial charge on any atom is 0.220 e. The number of aromatic nitrogens is 1. The van der Waals surface area contributed by atoms with Crippen LogP contribution in [0.2, 0.25) is 10.0 Å². The molecule has 0 spiro atoms. The van der Waals surface area contributed by atoms with Crippen LogP contribution in [-0.4, -0.2) is 42.0 Å². The number of nitrogens with zero attached hydrogens (tertiary/aromatic N) is 2. The highest BCUT2D eigenvalue weighted by Crippen LogP contribution is 2.30. The van der Waals surface area contributed by atoms with Crippen LogP contribution in [0.3, 0.4) is 0 Å². The van der Waals surface area contributed by atoms with Crippen molar-refractivity contribution in [3.05, 3.63) is 40.3 Å². The van der Waals surface area contributed by atoms with Gasteiger partial charge >= 0.3 is 0 Å². The van der Waals surface area contributed by atoms with Crippen molar-refractivity contribution >= 4 is 29.1 Å². The van der Waals surface area contributed by atoms with Gasteiger partial charge in [-0.2, -0.15) is 0 Å². The number of benzene rings is 1. The molecule has 7 heteroatoms. The van der Waals surface area contributed by atoms with E-state index in [9.17, 15) is 4.79 Å². The second kappa shape index (κ2) is 9.80. The second-order valence-corrected chi connectivity index (χ2v) is 6.46. The third-order valence-electron chi connectivity index (χ3n) is 3.96. The third kappa shape index (κ3) is 6.03. The Hall–Kier alpha value is -1.56. The summed E-state index contributed by atoms with van der Waals surface area (Å²) in [6.07, 6.45) is 2.40. The molecular weight excluding hydrogens is 361 g/mol. The van der Waals surface area contributed by atoms with Gasteiger partial charge in [0.05, 0.1) is 11.2 Å². The number of aryl methyl sites for hydroxylation is 1. The lowest BCUT2D eigenvalue weighted by Gasteiger charge is -2.17. The normalized spacial score (nSPS) is 11.1. The first-order valence-corrected chi connectivity index (χ1v) is 9.18. The molecule has 0 saturated carbocycles. The monoisotopic (exact) mass is 383 g/mol. The molecule has 0 aliphatic rings.